The van der Waals surface area contributed by atoms with Gasteiger partial charge in [0.05, 0.1) is 29.2 Å². The average molecular weight is 581 g/mol. The highest BCUT2D eigenvalue weighted by Crippen LogP contribution is 2.37. The number of fused-ring (bicyclic) bond motifs is 4. The minimum Gasteiger partial charge on any atom is -0.358 e. The number of amides is 1. The number of hydrogen-bond donors (Lipinski definition) is 1. The Hall–Kier alpha value is -3.38. The van der Waals surface area contributed by atoms with Crippen molar-refractivity contribution in [2.45, 2.75) is 45.6 Å². The number of hydrogen-bond acceptors (Lipinski definition) is 8. The van der Waals surface area contributed by atoms with Crippen LogP contribution in [0.3, 0.4) is 0 Å². The van der Waals surface area contributed by atoms with Crippen molar-refractivity contribution in [2.24, 2.45) is 0 Å². The van der Waals surface area contributed by atoms with E-state index >= 15 is 0 Å². The molecule has 1 atom stereocenters. The van der Waals surface area contributed by atoms with Gasteiger partial charge in [0.1, 0.15) is 11.6 Å². The first-order valence-corrected chi connectivity index (χ1v) is 16.4. The maximum absolute atomic E-state index is 14.3. The summed E-state index contributed by atoms with van der Waals surface area (Å²) in [5, 5.41) is 8.51. The van der Waals surface area contributed by atoms with E-state index in [1.165, 1.54) is 10.6 Å². The zero-order chi connectivity index (χ0) is 28.9. The zero-order valence-corrected chi connectivity index (χ0v) is 25.2. The molecule has 2 saturated heterocycles. The third kappa shape index (κ3) is 5.12. The highest BCUT2D eigenvalue weighted by Gasteiger charge is 2.34. The molecule has 41 heavy (non-hydrogen) atoms. The maximum Gasteiger partial charge on any atom is 0.256 e. The summed E-state index contributed by atoms with van der Waals surface area (Å²) in [5.41, 5.74) is 4.42. The molecule has 3 aromatic rings. The number of carbonyl (C=O) groups excluding carboxylic acids is 1. The molecule has 11 nitrogen and oxygen atoms in total. The van der Waals surface area contributed by atoms with Crippen LogP contribution in [0.1, 0.15) is 58.9 Å². The topological polar surface area (TPSA) is 106 Å². The van der Waals surface area contributed by atoms with E-state index in [2.05, 4.69) is 29.1 Å². The number of sulfonamides is 1. The summed E-state index contributed by atoms with van der Waals surface area (Å²) in [5.74, 6) is 1.82. The second kappa shape index (κ2) is 10.8. The Morgan fingerprint density at radius 2 is 1.76 bits per heavy atom. The highest BCUT2D eigenvalue weighted by molar-refractivity contribution is 7.92. The molecule has 0 saturated carbocycles. The van der Waals surface area contributed by atoms with E-state index in [9.17, 15) is 13.2 Å². The minimum absolute atomic E-state index is 0.165. The van der Waals surface area contributed by atoms with Gasteiger partial charge in [-0.2, -0.15) is 9.61 Å². The lowest BCUT2D eigenvalue weighted by Gasteiger charge is -2.36. The number of carbonyl (C=O) groups is 1. The fourth-order valence-corrected chi connectivity index (χ4v) is 7.26. The first-order valence-electron chi connectivity index (χ1n) is 14.6. The lowest BCUT2D eigenvalue weighted by atomic mass is 9.97. The summed E-state index contributed by atoms with van der Waals surface area (Å²) >= 11 is 0. The molecule has 0 aliphatic carbocycles. The Labute approximate surface area is 242 Å². The molecule has 1 N–H and O–H groups in total. The van der Waals surface area contributed by atoms with Crippen LogP contribution in [0.25, 0.3) is 5.65 Å². The van der Waals surface area contributed by atoms with Gasteiger partial charge in [0.2, 0.25) is 10.0 Å². The van der Waals surface area contributed by atoms with Crippen LogP contribution in [0, 0.1) is 13.8 Å². The van der Waals surface area contributed by atoms with Crippen molar-refractivity contribution in [1.82, 2.24) is 24.8 Å². The van der Waals surface area contributed by atoms with Gasteiger partial charge in [0.25, 0.3) is 5.91 Å². The van der Waals surface area contributed by atoms with Crippen molar-refractivity contribution >= 4 is 38.9 Å². The molecule has 3 aliphatic rings. The third-order valence-electron chi connectivity index (χ3n) is 8.59. The summed E-state index contributed by atoms with van der Waals surface area (Å²) < 4.78 is 29.3. The SMILES string of the molecule is Cc1ccc2c(c1)C(=O)N1CCCCC1c1cc3nc(N4CCC4)c(C)c(n3n1)N(C)CCNCCN2S(C)(=O)=O. The standard InChI is InChI=1S/C29H40N8O3S/c1-20-9-10-24-22(18-20)29(38)35-15-6-5-8-25(35)23-19-26-31-27(34-13-7-14-34)21(2)28(37(26)32-23)33(3)16-11-30-12-17-36(24)41(4,39)40/h9-10,18-19,25,30H,5-8,11-17H2,1-4H3. The van der Waals surface area contributed by atoms with Gasteiger partial charge in [-0.15, -0.1) is 0 Å². The van der Waals surface area contributed by atoms with Crippen LogP contribution in [-0.2, 0) is 10.0 Å². The van der Waals surface area contributed by atoms with Gasteiger partial charge in [-0.1, -0.05) is 11.6 Å². The molecule has 6 rings (SSSR count). The first kappa shape index (κ1) is 27.8. The Bertz CT molecular complexity index is 1580. The van der Waals surface area contributed by atoms with Crippen molar-refractivity contribution in [1.29, 1.82) is 0 Å². The Morgan fingerprint density at radius 1 is 0.976 bits per heavy atom. The number of nitrogens with zero attached hydrogens (tertiary/aromatic N) is 7. The molecule has 1 aromatic carbocycles. The number of rotatable bonds is 2. The number of benzene rings is 1. The molecule has 3 aliphatic heterocycles. The van der Waals surface area contributed by atoms with Crippen molar-refractivity contribution in [3.8, 4) is 0 Å². The van der Waals surface area contributed by atoms with Crippen LogP contribution in [0.15, 0.2) is 24.3 Å². The summed E-state index contributed by atoms with van der Waals surface area (Å²) in [6.07, 6.45) is 5.04. The lowest BCUT2D eigenvalue weighted by Crippen LogP contribution is -2.42. The number of anilines is 3. The molecular formula is C29H40N8O3S. The van der Waals surface area contributed by atoms with E-state index in [1.54, 1.807) is 6.07 Å². The highest BCUT2D eigenvalue weighted by atomic mass is 32.2. The van der Waals surface area contributed by atoms with Crippen LogP contribution in [0.4, 0.5) is 17.3 Å². The van der Waals surface area contributed by atoms with Gasteiger partial charge in [0, 0.05) is 64.5 Å². The Morgan fingerprint density at radius 3 is 2.49 bits per heavy atom. The monoisotopic (exact) mass is 580 g/mol. The molecule has 2 bridgehead atoms. The minimum atomic E-state index is -3.63. The summed E-state index contributed by atoms with van der Waals surface area (Å²) in [4.78, 5) is 25.8. The van der Waals surface area contributed by atoms with E-state index in [4.69, 9.17) is 10.1 Å². The van der Waals surface area contributed by atoms with Gasteiger partial charge >= 0.3 is 0 Å². The maximum atomic E-state index is 14.3. The van der Waals surface area contributed by atoms with E-state index in [1.807, 2.05) is 34.5 Å². The van der Waals surface area contributed by atoms with Crippen LogP contribution in [0.2, 0.25) is 0 Å². The number of piperidine rings is 1. The number of nitrogens with one attached hydrogen (secondary N) is 1. The smallest absolute Gasteiger partial charge is 0.256 e. The number of aryl methyl sites for hydroxylation is 1. The molecule has 2 aromatic heterocycles. The molecule has 1 amide bonds. The fraction of sp³-hybridized carbons (Fsp3) is 0.552. The molecule has 2 fully saturated rings. The van der Waals surface area contributed by atoms with Crippen molar-refractivity contribution in [2.75, 3.05) is 73.2 Å². The molecule has 0 spiro atoms. The van der Waals surface area contributed by atoms with E-state index in [0.29, 0.717) is 37.4 Å². The summed E-state index contributed by atoms with van der Waals surface area (Å²) in [6, 6.07) is 7.26. The average Bonchev–Trinajstić information content (AvgIpc) is 3.32. The second-order valence-corrected chi connectivity index (χ2v) is 13.5. The molecule has 0 radical (unpaired) electrons. The van der Waals surface area contributed by atoms with Gasteiger partial charge in [-0.3, -0.25) is 9.10 Å². The largest absolute Gasteiger partial charge is 0.358 e. The lowest BCUT2D eigenvalue weighted by molar-refractivity contribution is 0.0606. The molecule has 12 heteroatoms. The van der Waals surface area contributed by atoms with E-state index in [-0.39, 0.29) is 18.5 Å². The molecule has 5 heterocycles. The zero-order valence-electron chi connectivity index (χ0n) is 24.4. The van der Waals surface area contributed by atoms with Crippen molar-refractivity contribution in [3.63, 3.8) is 0 Å². The van der Waals surface area contributed by atoms with E-state index in [0.717, 1.165) is 72.9 Å². The first-order chi connectivity index (χ1) is 19.6. The number of aromatic nitrogens is 3. The summed E-state index contributed by atoms with van der Waals surface area (Å²) in [6.45, 7) is 8.65. The summed E-state index contributed by atoms with van der Waals surface area (Å²) in [7, 11) is -1.57. The fourth-order valence-electron chi connectivity index (χ4n) is 6.32. The second-order valence-electron chi connectivity index (χ2n) is 11.6. The van der Waals surface area contributed by atoms with Gasteiger partial charge in [-0.25, -0.2) is 13.4 Å². The molecular weight excluding hydrogens is 540 g/mol. The predicted molar refractivity (Wildman–Crippen MR) is 162 cm³/mol. The molecule has 220 valence electrons. The third-order valence-corrected chi connectivity index (χ3v) is 9.77. The van der Waals surface area contributed by atoms with Gasteiger partial charge in [0.15, 0.2) is 5.65 Å². The van der Waals surface area contributed by atoms with Gasteiger partial charge < -0.3 is 20.0 Å². The van der Waals surface area contributed by atoms with Crippen LogP contribution < -0.4 is 19.4 Å². The predicted octanol–water partition coefficient (Wildman–Crippen LogP) is 2.73. The Kier molecular flexibility index (Phi) is 7.31. The van der Waals surface area contributed by atoms with Crippen molar-refractivity contribution in [3.05, 3.63) is 46.6 Å². The normalized spacial score (nSPS) is 20.8. The molecule has 1 unspecified atom stereocenters. The number of likely N-dealkylation sites (N-methyl/N-ethyl adjacent to an activating group) is 1. The Balaban J connectivity index is 1.51. The van der Waals surface area contributed by atoms with Crippen molar-refractivity contribution < 1.29 is 13.2 Å². The van der Waals surface area contributed by atoms with Crippen LogP contribution in [0.5, 0.6) is 0 Å². The van der Waals surface area contributed by atoms with Gasteiger partial charge in [-0.05, 0) is 51.7 Å². The van der Waals surface area contributed by atoms with Crippen LogP contribution >= 0.6 is 0 Å². The van der Waals surface area contributed by atoms with Crippen LogP contribution in [-0.4, -0.2) is 92.9 Å². The van der Waals surface area contributed by atoms with E-state index < -0.39 is 10.0 Å². The quantitative estimate of drug-likeness (QED) is 0.493.